The van der Waals surface area contributed by atoms with Crippen LogP contribution in [0.25, 0.3) is 0 Å². The quantitative estimate of drug-likeness (QED) is 0.799. The van der Waals surface area contributed by atoms with E-state index in [-0.39, 0.29) is 5.91 Å². The maximum Gasteiger partial charge on any atom is 0.255 e. The summed E-state index contributed by atoms with van der Waals surface area (Å²) >= 11 is 5.76. The van der Waals surface area contributed by atoms with Crippen LogP contribution in [0, 0.1) is 6.92 Å². The molecule has 1 aliphatic heterocycles. The molecule has 1 fully saturated rings. The first-order chi connectivity index (χ1) is 10.6. The van der Waals surface area contributed by atoms with Crippen LogP contribution in [-0.2, 0) is 0 Å². The van der Waals surface area contributed by atoms with E-state index in [1.807, 2.05) is 4.90 Å². The van der Waals surface area contributed by atoms with Crippen molar-refractivity contribution in [2.75, 3.05) is 31.1 Å². The van der Waals surface area contributed by atoms with Gasteiger partial charge in [-0.25, -0.2) is 4.98 Å². The van der Waals surface area contributed by atoms with E-state index in [9.17, 15) is 4.79 Å². The smallest absolute Gasteiger partial charge is 0.255 e. The van der Waals surface area contributed by atoms with Gasteiger partial charge in [-0.2, -0.15) is 0 Å². The molecule has 1 aliphatic rings. The first-order valence-electron chi connectivity index (χ1n) is 7.36. The molecule has 0 N–H and O–H groups in total. The van der Waals surface area contributed by atoms with Crippen LogP contribution in [0.5, 0.6) is 0 Å². The van der Waals surface area contributed by atoms with Crippen molar-refractivity contribution >= 4 is 23.2 Å². The summed E-state index contributed by atoms with van der Waals surface area (Å²) < 4.78 is 0. The molecular formula is C17H18ClN3O. The van der Waals surface area contributed by atoms with Gasteiger partial charge >= 0.3 is 0 Å². The molecule has 0 unspecified atom stereocenters. The molecule has 0 aliphatic carbocycles. The molecule has 0 spiro atoms. The largest absolute Gasteiger partial charge is 0.368 e. The Labute approximate surface area is 135 Å². The first-order valence-corrected chi connectivity index (χ1v) is 7.74. The van der Waals surface area contributed by atoms with E-state index in [0.717, 1.165) is 26.2 Å². The van der Waals surface area contributed by atoms with Crippen molar-refractivity contribution in [3.8, 4) is 0 Å². The maximum absolute atomic E-state index is 12.4. The zero-order valence-electron chi connectivity index (χ0n) is 12.5. The Hall–Kier alpha value is -2.07. The summed E-state index contributed by atoms with van der Waals surface area (Å²) in [5, 5.41) is 0.404. The monoisotopic (exact) mass is 315 g/mol. The number of benzene rings is 1. The van der Waals surface area contributed by atoms with Gasteiger partial charge in [-0.1, -0.05) is 23.7 Å². The van der Waals surface area contributed by atoms with Gasteiger partial charge in [0.15, 0.2) is 0 Å². The highest BCUT2D eigenvalue weighted by Crippen LogP contribution is 2.18. The average Bonchev–Trinajstić information content (AvgIpc) is 2.55. The van der Waals surface area contributed by atoms with Crippen molar-refractivity contribution in [3.63, 3.8) is 0 Å². The zero-order chi connectivity index (χ0) is 15.5. The van der Waals surface area contributed by atoms with Crippen molar-refractivity contribution in [2.24, 2.45) is 0 Å². The minimum Gasteiger partial charge on any atom is -0.368 e. The molecule has 114 valence electrons. The topological polar surface area (TPSA) is 36.4 Å². The van der Waals surface area contributed by atoms with E-state index < -0.39 is 0 Å². The van der Waals surface area contributed by atoms with Gasteiger partial charge in [-0.15, -0.1) is 0 Å². The fourth-order valence-electron chi connectivity index (χ4n) is 2.68. The van der Waals surface area contributed by atoms with Crippen LogP contribution in [0.15, 0.2) is 42.6 Å². The lowest BCUT2D eigenvalue weighted by molar-refractivity contribution is 0.0746. The average molecular weight is 316 g/mol. The van der Waals surface area contributed by atoms with Gasteiger partial charge in [-0.05, 0) is 36.8 Å². The van der Waals surface area contributed by atoms with Gasteiger partial charge in [0.1, 0.15) is 5.15 Å². The fourth-order valence-corrected chi connectivity index (χ4v) is 2.79. The molecule has 1 amide bonds. The van der Waals surface area contributed by atoms with Crippen LogP contribution in [0.1, 0.15) is 15.9 Å². The van der Waals surface area contributed by atoms with Gasteiger partial charge in [0, 0.05) is 38.1 Å². The van der Waals surface area contributed by atoms with Crippen LogP contribution >= 0.6 is 11.6 Å². The number of anilines is 1. The highest BCUT2D eigenvalue weighted by molar-refractivity contribution is 6.29. The summed E-state index contributed by atoms with van der Waals surface area (Å²) in [6, 6.07) is 11.8. The summed E-state index contributed by atoms with van der Waals surface area (Å²) in [6.45, 7) is 5.22. The summed E-state index contributed by atoms with van der Waals surface area (Å²) in [5.74, 6) is 0.0214. The number of rotatable bonds is 2. The van der Waals surface area contributed by atoms with E-state index in [0.29, 0.717) is 10.7 Å². The van der Waals surface area contributed by atoms with Crippen LogP contribution < -0.4 is 4.90 Å². The van der Waals surface area contributed by atoms with E-state index in [1.54, 1.807) is 12.1 Å². The number of halogens is 1. The van der Waals surface area contributed by atoms with E-state index in [4.69, 9.17) is 11.6 Å². The van der Waals surface area contributed by atoms with Gasteiger partial charge in [0.25, 0.3) is 5.91 Å². The van der Waals surface area contributed by atoms with Crippen LogP contribution in [0.2, 0.25) is 5.15 Å². The summed E-state index contributed by atoms with van der Waals surface area (Å²) in [4.78, 5) is 20.6. The Bertz CT molecular complexity index is 664. The molecule has 5 heteroatoms. The molecular weight excluding hydrogens is 298 g/mol. The van der Waals surface area contributed by atoms with E-state index in [2.05, 4.69) is 41.1 Å². The highest BCUT2D eigenvalue weighted by atomic mass is 35.5. The lowest BCUT2D eigenvalue weighted by Gasteiger charge is -2.36. The third-order valence-corrected chi connectivity index (χ3v) is 4.13. The standard InChI is InChI=1S/C17H18ClN3O/c1-13-3-2-4-15(11-13)20-7-9-21(10-8-20)17(22)14-5-6-16(18)19-12-14/h2-6,11-12H,7-10H2,1H3. The van der Waals surface area contributed by atoms with Crippen LogP contribution in [-0.4, -0.2) is 42.0 Å². The lowest BCUT2D eigenvalue weighted by atomic mass is 10.1. The molecule has 0 atom stereocenters. The van der Waals surface area contributed by atoms with Crippen molar-refractivity contribution in [2.45, 2.75) is 6.92 Å². The summed E-state index contributed by atoms with van der Waals surface area (Å²) in [5.41, 5.74) is 3.07. The molecule has 3 rings (SSSR count). The minimum atomic E-state index is 0.0214. The number of pyridine rings is 1. The summed E-state index contributed by atoms with van der Waals surface area (Å²) in [6.07, 6.45) is 1.54. The number of hydrogen-bond donors (Lipinski definition) is 0. The maximum atomic E-state index is 12.4. The van der Waals surface area contributed by atoms with Crippen LogP contribution in [0.3, 0.4) is 0 Å². The molecule has 1 aromatic heterocycles. The predicted molar refractivity (Wildman–Crippen MR) is 88.5 cm³/mol. The van der Waals surface area contributed by atoms with Gasteiger partial charge in [-0.3, -0.25) is 4.79 Å². The Morgan fingerprint density at radius 1 is 1.14 bits per heavy atom. The Kier molecular flexibility index (Phi) is 4.29. The second kappa shape index (κ2) is 6.36. The van der Waals surface area contributed by atoms with Gasteiger partial charge in [0.05, 0.1) is 5.56 Å². The van der Waals surface area contributed by atoms with Gasteiger partial charge < -0.3 is 9.80 Å². The SMILES string of the molecule is Cc1cccc(N2CCN(C(=O)c3ccc(Cl)nc3)CC2)c1. The van der Waals surface area contributed by atoms with Crippen molar-refractivity contribution in [3.05, 3.63) is 58.9 Å². The Balaban J connectivity index is 1.64. The third kappa shape index (κ3) is 3.22. The predicted octanol–water partition coefficient (Wildman–Crippen LogP) is 3.01. The number of carbonyl (C=O) groups excluding carboxylic acids is 1. The first kappa shape index (κ1) is 14.9. The number of aryl methyl sites for hydroxylation is 1. The number of piperazine rings is 1. The number of aromatic nitrogens is 1. The highest BCUT2D eigenvalue weighted by Gasteiger charge is 2.22. The zero-order valence-corrected chi connectivity index (χ0v) is 13.3. The minimum absolute atomic E-state index is 0.0214. The summed E-state index contributed by atoms with van der Waals surface area (Å²) in [7, 11) is 0. The fraction of sp³-hybridized carbons (Fsp3) is 0.294. The Morgan fingerprint density at radius 2 is 1.91 bits per heavy atom. The number of carbonyl (C=O) groups is 1. The molecule has 0 saturated carbocycles. The molecule has 0 radical (unpaired) electrons. The van der Waals surface area contributed by atoms with Gasteiger partial charge in [0.2, 0.25) is 0 Å². The molecule has 4 nitrogen and oxygen atoms in total. The molecule has 22 heavy (non-hydrogen) atoms. The number of hydrogen-bond acceptors (Lipinski definition) is 3. The molecule has 2 aromatic rings. The van der Waals surface area contributed by atoms with Crippen molar-refractivity contribution in [1.29, 1.82) is 0 Å². The molecule has 0 bridgehead atoms. The van der Waals surface area contributed by atoms with E-state index in [1.165, 1.54) is 17.4 Å². The van der Waals surface area contributed by atoms with E-state index >= 15 is 0 Å². The second-order valence-electron chi connectivity index (χ2n) is 5.49. The number of amides is 1. The molecule has 1 aromatic carbocycles. The normalized spacial score (nSPS) is 15.0. The molecule has 1 saturated heterocycles. The van der Waals surface area contributed by atoms with Crippen molar-refractivity contribution in [1.82, 2.24) is 9.88 Å². The third-order valence-electron chi connectivity index (χ3n) is 3.91. The number of nitrogens with zero attached hydrogens (tertiary/aromatic N) is 3. The second-order valence-corrected chi connectivity index (χ2v) is 5.88. The van der Waals surface area contributed by atoms with Crippen LogP contribution in [0.4, 0.5) is 5.69 Å². The van der Waals surface area contributed by atoms with Crippen molar-refractivity contribution < 1.29 is 4.79 Å². The Morgan fingerprint density at radius 3 is 2.55 bits per heavy atom. The lowest BCUT2D eigenvalue weighted by Crippen LogP contribution is -2.48. The molecule has 2 heterocycles.